The quantitative estimate of drug-likeness (QED) is 0.908. The minimum absolute atomic E-state index is 0.252. The van der Waals surface area contributed by atoms with Gasteiger partial charge in [-0.2, -0.15) is 0 Å². The topological polar surface area (TPSA) is 43.8 Å². The number of hydrogen-bond acceptors (Lipinski definition) is 3. The van der Waals surface area contributed by atoms with E-state index >= 15 is 0 Å². The van der Waals surface area contributed by atoms with E-state index in [9.17, 15) is 9.90 Å². The van der Waals surface area contributed by atoms with Crippen LogP contribution < -0.4 is 0 Å². The molecule has 0 amide bonds. The van der Waals surface area contributed by atoms with E-state index < -0.39 is 11.4 Å². The Morgan fingerprint density at radius 2 is 2.10 bits per heavy atom. The first-order valence-corrected chi connectivity index (χ1v) is 7.28. The number of benzene rings is 1. The van der Waals surface area contributed by atoms with Crippen LogP contribution >= 0.6 is 0 Å². The highest BCUT2D eigenvalue weighted by molar-refractivity contribution is 5.76. The predicted molar refractivity (Wildman–Crippen MR) is 77.4 cm³/mol. The van der Waals surface area contributed by atoms with Gasteiger partial charge in [0.2, 0.25) is 0 Å². The number of piperidine rings is 1. The van der Waals surface area contributed by atoms with Crippen LogP contribution in [0.3, 0.4) is 0 Å². The van der Waals surface area contributed by atoms with Gasteiger partial charge >= 0.3 is 5.97 Å². The number of hydrogen-bond donors (Lipinski definition) is 1. The first-order valence-electron chi connectivity index (χ1n) is 7.28. The summed E-state index contributed by atoms with van der Waals surface area (Å²) in [7, 11) is 2.09. The van der Waals surface area contributed by atoms with Crippen LogP contribution in [-0.2, 0) is 11.3 Å². The Labute approximate surface area is 120 Å². The van der Waals surface area contributed by atoms with E-state index in [1.165, 1.54) is 5.56 Å². The van der Waals surface area contributed by atoms with Gasteiger partial charge < -0.3 is 10.0 Å². The molecule has 0 radical (unpaired) electrons. The van der Waals surface area contributed by atoms with Gasteiger partial charge in [-0.15, -0.1) is 0 Å². The Hall–Kier alpha value is -1.39. The molecule has 2 saturated heterocycles. The summed E-state index contributed by atoms with van der Waals surface area (Å²) in [5.41, 5.74) is 0.737. The molecule has 2 heterocycles. The maximum atomic E-state index is 11.8. The molecule has 2 fully saturated rings. The van der Waals surface area contributed by atoms with Crippen molar-refractivity contribution in [1.82, 2.24) is 9.80 Å². The fourth-order valence-electron chi connectivity index (χ4n) is 3.76. The third-order valence-electron chi connectivity index (χ3n) is 4.91. The average Bonchev–Trinajstić information content (AvgIpc) is 2.78. The first-order chi connectivity index (χ1) is 9.60. The third-order valence-corrected chi connectivity index (χ3v) is 4.91. The van der Waals surface area contributed by atoms with E-state index in [4.69, 9.17) is 0 Å². The van der Waals surface area contributed by atoms with Crippen molar-refractivity contribution < 1.29 is 9.90 Å². The van der Waals surface area contributed by atoms with Gasteiger partial charge in [0.1, 0.15) is 0 Å². The third kappa shape index (κ3) is 2.34. The second kappa shape index (κ2) is 5.19. The van der Waals surface area contributed by atoms with Gasteiger partial charge in [0.25, 0.3) is 0 Å². The summed E-state index contributed by atoms with van der Waals surface area (Å²) in [6, 6.07) is 10.3. The number of carbonyl (C=O) groups is 1. The van der Waals surface area contributed by atoms with Gasteiger partial charge in [0, 0.05) is 32.1 Å². The Bertz CT molecular complexity index is 491. The maximum absolute atomic E-state index is 11.8. The van der Waals surface area contributed by atoms with Crippen LogP contribution in [0.1, 0.15) is 12.0 Å². The van der Waals surface area contributed by atoms with E-state index in [0.29, 0.717) is 6.54 Å². The molecular weight excluding hydrogens is 252 g/mol. The van der Waals surface area contributed by atoms with Crippen molar-refractivity contribution in [2.45, 2.75) is 13.0 Å². The zero-order valence-corrected chi connectivity index (χ0v) is 12.0. The molecule has 2 aliphatic heterocycles. The molecule has 108 valence electrons. The van der Waals surface area contributed by atoms with Crippen molar-refractivity contribution in [2.24, 2.45) is 11.3 Å². The molecule has 0 aromatic heterocycles. The predicted octanol–water partition coefficient (Wildman–Crippen LogP) is 1.52. The standard InChI is InChI=1S/C16H22N2O2/c1-17-8-7-16(15(19)20)12-18(11-14(16)10-17)9-13-5-3-2-4-6-13/h2-6,14H,7-12H2,1H3,(H,19,20)/t14-,16-/m1/s1. The molecule has 0 spiro atoms. The lowest BCUT2D eigenvalue weighted by Crippen LogP contribution is -2.49. The molecular formula is C16H22N2O2. The molecule has 0 unspecified atom stereocenters. The normalized spacial score (nSPS) is 31.1. The maximum Gasteiger partial charge on any atom is 0.311 e. The molecule has 2 aliphatic rings. The molecule has 2 atom stereocenters. The van der Waals surface area contributed by atoms with Crippen molar-refractivity contribution in [1.29, 1.82) is 0 Å². The summed E-state index contributed by atoms with van der Waals surface area (Å²) in [5, 5.41) is 9.72. The summed E-state index contributed by atoms with van der Waals surface area (Å²) in [6.07, 6.45) is 0.773. The number of carboxylic acid groups (broad SMARTS) is 1. The summed E-state index contributed by atoms with van der Waals surface area (Å²) in [6.45, 7) is 4.23. The monoisotopic (exact) mass is 274 g/mol. The van der Waals surface area contributed by atoms with Crippen molar-refractivity contribution in [3.8, 4) is 0 Å². The molecule has 1 N–H and O–H groups in total. The summed E-state index contributed by atoms with van der Waals surface area (Å²) >= 11 is 0. The molecule has 0 saturated carbocycles. The van der Waals surface area contributed by atoms with Gasteiger partial charge in [0.15, 0.2) is 0 Å². The molecule has 0 bridgehead atoms. The zero-order chi connectivity index (χ0) is 14.2. The van der Waals surface area contributed by atoms with E-state index in [1.54, 1.807) is 0 Å². The fraction of sp³-hybridized carbons (Fsp3) is 0.562. The van der Waals surface area contributed by atoms with Crippen molar-refractivity contribution in [3.63, 3.8) is 0 Å². The van der Waals surface area contributed by atoms with Crippen LogP contribution in [-0.4, -0.2) is 54.1 Å². The summed E-state index contributed by atoms with van der Waals surface area (Å²) < 4.78 is 0. The van der Waals surface area contributed by atoms with Crippen LogP contribution in [0.5, 0.6) is 0 Å². The largest absolute Gasteiger partial charge is 0.481 e. The van der Waals surface area contributed by atoms with Gasteiger partial charge in [-0.1, -0.05) is 30.3 Å². The lowest BCUT2D eigenvalue weighted by atomic mass is 9.73. The molecule has 3 rings (SSSR count). The Balaban J connectivity index is 1.76. The Morgan fingerprint density at radius 1 is 1.35 bits per heavy atom. The molecule has 4 heteroatoms. The minimum atomic E-state index is -0.605. The van der Waals surface area contributed by atoms with Crippen LogP contribution in [0.2, 0.25) is 0 Å². The second-order valence-corrected chi connectivity index (χ2v) is 6.33. The van der Waals surface area contributed by atoms with Gasteiger partial charge in [-0.25, -0.2) is 0 Å². The van der Waals surface area contributed by atoms with E-state index in [1.807, 2.05) is 18.2 Å². The van der Waals surface area contributed by atoms with Crippen molar-refractivity contribution >= 4 is 5.97 Å². The highest BCUT2D eigenvalue weighted by Crippen LogP contribution is 2.43. The second-order valence-electron chi connectivity index (χ2n) is 6.33. The van der Waals surface area contributed by atoms with Gasteiger partial charge in [0.05, 0.1) is 5.41 Å². The number of rotatable bonds is 3. The molecule has 1 aromatic rings. The average molecular weight is 274 g/mol. The van der Waals surface area contributed by atoms with Crippen LogP contribution in [0.4, 0.5) is 0 Å². The van der Waals surface area contributed by atoms with Crippen molar-refractivity contribution in [2.75, 3.05) is 33.2 Å². The fourth-order valence-corrected chi connectivity index (χ4v) is 3.76. The van der Waals surface area contributed by atoms with Crippen LogP contribution in [0, 0.1) is 11.3 Å². The lowest BCUT2D eigenvalue weighted by Gasteiger charge is -2.39. The highest BCUT2D eigenvalue weighted by Gasteiger charge is 2.53. The number of fused-ring (bicyclic) bond motifs is 1. The smallest absolute Gasteiger partial charge is 0.311 e. The molecule has 0 aliphatic carbocycles. The number of aliphatic carboxylic acids is 1. The van der Waals surface area contributed by atoms with E-state index in [2.05, 4.69) is 29.0 Å². The molecule has 4 nitrogen and oxygen atoms in total. The minimum Gasteiger partial charge on any atom is -0.481 e. The SMILES string of the molecule is CN1CC[C@@]2(C(=O)O)CN(Cc3ccccc3)C[C@H]2C1. The zero-order valence-electron chi connectivity index (χ0n) is 12.0. The molecule has 20 heavy (non-hydrogen) atoms. The Kier molecular flexibility index (Phi) is 3.52. The van der Waals surface area contributed by atoms with Crippen LogP contribution in [0.25, 0.3) is 0 Å². The Morgan fingerprint density at radius 3 is 2.80 bits per heavy atom. The number of carboxylic acids is 1. The summed E-state index contributed by atoms with van der Waals surface area (Å²) in [5.74, 6) is -0.353. The molecule has 1 aromatic carbocycles. The van der Waals surface area contributed by atoms with Crippen LogP contribution in [0.15, 0.2) is 30.3 Å². The number of nitrogens with zero attached hydrogens (tertiary/aromatic N) is 2. The lowest BCUT2D eigenvalue weighted by molar-refractivity contribution is -0.153. The number of likely N-dealkylation sites (tertiary alicyclic amines) is 2. The van der Waals surface area contributed by atoms with E-state index in [0.717, 1.165) is 32.6 Å². The summed E-state index contributed by atoms with van der Waals surface area (Å²) in [4.78, 5) is 16.4. The van der Waals surface area contributed by atoms with E-state index in [-0.39, 0.29) is 5.92 Å². The van der Waals surface area contributed by atoms with Crippen molar-refractivity contribution in [3.05, 3.63) is 35.9 Å². The highest BCUT2D eigenvalue weighted by atomic mass is 16.4. The van der Waals surface area contributed by atoms with Gasteiger partial charge in [-0.3, -0.25) is 9.69 Å². The first kappa shape index (κ1) is 13.6. The van der Waals surface area contributed by atoms with Gasteiger partial charge in [-0.05, 0) is 25.6 Å².